The lowest BCUT2D eigenvalue weighted by Crippen LogP contribution is -2.22. The summed E-state index contributed by atoms with van der Waals surface area (Å²) in [6.45, 7) is 2.11. The summed E-state index contributed by atoms with van der Waals surface area (Å²) < 4.78 is 7.29. The average Bonchev–Trinajstić information content (AvgIpc) is 2.54. The van der Waals surface area contributed by atoms with Crippen LogP contribution in [0, 0.1) is 10.1 Å². The van der Waals surface area contributed by atoms with Crippen LogP contribution in [0.3, 0.4) is 0 Å². The van der Waals surface area contributed by atoms with Gasteiger partial charge >= 0.3 is 0 Å². The topological polar surface area (TPSA) is 76.4 Å². The maximum atomic E-state index is 10.6. The number of nitro groups is 1. The van der Waals surface area contributed by atoms with Crippen molar-refractivity contribution < 1.29 is 9.66 Å². The molecule has 0 aromatic heterocycles. The van der Waals surface area contributed by atoms with Crippen LogP contribution in [-0.2, 0) is 6.54 Å². The molecule has 0 atom stereocenters. The molecule has 2 aromatic rings. The molecule has 0 bridgehead atoms. The van der Waals surface area contributed by atoms with Gasteiger partial charge < -0.3 is 15.4 Å². The number of nitrogens with one attached hydrogen (secondary N) is 2. The smallest absolute Gasteiger partial charge is 0.269 e. The van der Waals surface area contributed by atoms with E-state index >= 15 is 0 Å². The van der Waals surface area contributed by atoms with Crippen LogP contribution in [0.1, 0.15) is 5.56 Å². The second-order valence-electron chi connectivity index (χ2n) is 4.99. The Bertz CT molecular complexity index is 708. The highest BCUT2D eigenvalue weighted by atomic mass is 79.9. The molecule has 0 saturated heterocycles. The molecule has 8 heteroatoms. The highest BCUT2D eigenvalue weighted by Gasteiger charge is 2.09. The molecule has 0 amide bonds. The SMILES string of the molecule is COc1c(Br)cc(Br)cc1CNCCNc1ccc([N+](=O)[O-])cc1. The molecule has 0 aliphatic rings. The van der Waals surface area contributed by atoms with Gasteiger partial charge in [-0.1, -0.05) is 15.9 Å². The molecule has 0 saturated carbocycles. The van der Waals surface area contributed by atoms with Crippen molar-refractivity contribution in [3.8, 4) is 5.75 Å². The Morgan fingerprint density at radius 1 is 1.17 bits per heavy atom. The number of benzene rings is 2. The Kier molecular flexibility index (Phi) is 7.01. The van der Waals surface area contributed by atoms with Crippen LogP contribution in [-0.4, -0.2) is 25.1 Å². The Morgan fingerprint density at radius 2 is 1.88 bits per heavy atom. The van der Waals surface area contributed by atoms with E-state index in [2.05, 4.69) is 42.5 Å². The third-order valence-electron chi connectivity index (χ3n) is 3.31. The van der Waals surface area contributed by atoms with Gasteiger partial charge in [0.05, 0.1) is 16.5 Å². The predicted molar refractivity (Wildman–Crippen MR) is 102 cm³/mol. The van der Waals surface area contributed by atoms with Crippen molar-refractivity contribution in [3.05, 3.63) is 61.0 Å². The number of nitrogens with zero attached hydrogens (tertiary/aromatic N) is 1. The Labute approximate surface area is 157 Å². The zero-order valence-corrected chi connectivity index (χ0v) is 16.2. The number of hydrogen-bond donors (Lipinski definition) is 2. The van der Waals surface area contributed by atoms with Gasteiger partial charge in [-0.15, -0.1) is 0 Å². The van der Waals surface area contributed by atoms with Crippen molar-refractivity contribution in [1.82, 2.24) is 5.32 Å². The van der Waals surface area contributed by atoms with Crippen LogP contribution in [0.25, 0.3) is 0 Å². The summed E-state index contributed by atoms with van der Waals surface area (Å²) in [4.78, 5) is 10.2. The second kappa shape index (κ2) is 9.00. The first kappa shape index (κ1) is 18.7. The number of methoxy groups -OCH3 is 1. The lowest BCUT2D eigenvalue weighted by Gasteiger charge is -2.13. The number of anilines is 1. The van der Waals surface area contributed by atoms with Crippen molar-refractivity contribution >= 4 is 43.2 Å². The van der Waals surface area contributed by atoms with Gasteiger partial charge in [0.1, 0.15) is 5.75 Å². The summed E-state index contributed by atoms with van der Waals surface area (Å²) in [5, 5.41) is 17.2. The molecule has 0 heterocycles. The van der Waals surface area contributed by atoms with Crippen molar-refractivity contribution in [2.75, 3.05) is 25.5 Å². The molecule has 128 valence electrons. The maximum Gasteiger partial charge on any atom is 0.269 e. The molecule has 0 radical (unpaired) electrons. The summed E-state index contributed by atoms with van der Waals surface area (Å²) >= 11 is 6.96. The monoisotopic (exact) mass is 457 g/mol. The first-order valence-corrected chi connectivity index (χ1v) is 8.81. The van der Waals surface area contributed by atoms with Gasteiger partial charge in [0, 0.05) is 47.5 Å². The lowest BCUT2D eigenvalue weighted by atomic mass is 10.2. The third-order valence-corrected chi connectivity index (χ3v) is 4.36. The molecule has 2 rings (SSSR count). The van der Waals surface area contributed by atoms with Crippen LogP contribution in [0.2, 0.25) is 0 Å². The van der Waals surface area contributed by atoms with E-state index < -0.39 is 4.92 Å². The molecule has 2 aromatic carbocycles. The molecule has 2 N–H and O–H groups in total. The minimum Gasteiger partial charge on any atom is -0.495 e. The van der Waals surface area contributed by atoms with Crippen molar-refractivity contribution in [3.63, 3.8) is 0 Å². The summed E-state index contributed by atoms with van der Waals surface area (Å²) in [7, 11) is 1.65. The summed E-state index contributed by atoms with van der Waals surface area (Å²) in [5.41, 5.74) is 1.99. The van der Waals surface area contributed by atoms with Crippen LogP contribution < -0.4 is 15.4 Å². The normalized spacial score (nSPS) is 10.5. The number of nitro benzene ring substituents is 1. The Hall–Kier alpha value is -1.64. The Morgan fingerprint density at radius 3 is 2.50 bits per heavy atom. The fourth-order valence-electron chi connectivity index (χ4n) is 2.19. The van der Waals surface area contributed by atoms with E-state index in [1.54, 1.807) is 19.2 Å². The number of ether oxygens (including phenoxy) is 1. The van der Waals surface area contributed by atoms with E-state index in [0.29, 0.717) is 13.1 Å². The standard InChI is InChI=1S/C16H17Br2N3O3/c1-24-16-11(8-12(17)9-15(16)18)10-19-6-7-20-13-2-4-14(5-3-13)21(22)23/h2-5,8-9,19-20H,6-7,10H2,1H3. The molecule has 0 aliphatic heterocycles. The molecule has 0 spiro atoms. The minimum absolute atomic E-state index is 0.0889. The van der Waals surface area contributed by atoms with Crippen LogP contribution >= 0.6 is 31.9 Å². The Balaban J connectivity index is 1.80. The van der Waals surface area contributed by atoms with Gasteiger partial charge in [-0.3, -0.25) is 10.1 Å². The van der Waals surface area contributed by atoms with E-state index in [0.717, 1.165) is 32.5 Å². The molecule has 24 heavy (non-hydrogen) atoms. The van der Waals surface area contributed by atoms with Crippen molar-refractivity contribution in [2.45, 2.75) is 6.54 Å². The summed E-state index contributed by atoms with van der Waals surface area (Å²) in [6.07, 6.45) is 0. The third kappa shape index (κ3) is 5.19. The van der Waals surface area contributed by atoms with Gasteiger partial charge in [-0.25, -0.2) is 0 Å². The predicted octanol–water partition coefficient (Wildman–Crippen LogP) is 4.33. The van der Waals surface area contributed by atoms with E-state index in [1.165, 1.54) is 12.1 Å². The van der Waals surface area contributed by atoms with Crippen molar-refractivity contribution in [2.24, 2.45) is 0 Å². The first-order chi connectivity index (χ1) is 11.5. The second-order valence-corrected chi connectivity index (χ2v) is 6.76. The van der Waals surface area contributed by atoms with E-state index in [-0.39, 0.29) is 5.69 Å². The average molecular weight is 459 g/mol. The molecule has 0 aliphatic carbocycles. The van der Waals surface area contributed by atoms with Gasteiger partial charge in [0.15, 0.2) is 0 Å². The van der Waals surface area contributed by atoms with Crippen LogP contribution in [0.15, 0.2) is 45.3 Å². The number of non-ortho nitro benzene ring substituents is 1. The summed E-state index contributed by atoms with van der Waals surface area (Å²) in [5.74, 6) is 0.814. The zero-order chi connectivity index (χ0) is 17.5. The quantitative estimate of drug-likeness (QED) is 0.349. The van der Waals surface area contributed by atoms with Gasteiger partial charge in [0.2, 0.25) is 0 Å². The van der Waals surface area contributed by atoms with E-state index in [1.807, 2.05) is 12.1 Å². The lowest BCUT2D eigenvalue weighted by molar-refractivity contribution is -0.384. The molecule has 6 nitrogen and oxygen atoms in total. The minimum atomic E-state index is -0.408. The summed E-state index contributed by atoms with van der Waals surface area (Å²) in [6, 6.07) is 10.3. The van der Waals surface area contributed by atoms with Crippen LogP contribution in [0.5, 0.6) is 5.75 Å². The van der Waals surface area contributed by atoms with Gasteiger partial charge in [-0.05, 0) is 40.2 Å². The van der Waals surface area contributed by atoms with Crippen molar-refractivity contribution in [1.29, 1.82) is 0 Å². The van der Waals surface area contributed by atoms with Crippen LogP contribution in [0.4, 0.5) is 11.4 Å². The molecular formula is C16H17Br2N3O3. The van der Waals surface area contributed by atoms with E-state index in [9.17, 15) is 10.1 Å². The number of hydrogen-bond acceptors (Lipinski definition) is 5. The highest BCUT2D eigenvalue weighted by Crippen LogP contribution is 2.32. The fraction of sp³-hybridized carbons (Fsp3) is 0.250. The van der Waals surface area contributed by atoms with Gasteiger partial charge in [0.25, 0.3) is 5.69 Å². The van der Waals surface area contributed by atoms with Gasteiger partial charge in [-0.2, -0.15) is 0 Å². The highest BCUT2D eigenvalue weighted by molar-refractivity contribution is 9.11. The zero-order valence-electron chi connectivity index (χ0n) is 13.0. The maximum absolute atomic E-state index is 10.6. The largest absolute Gasteiger partial charge is 0.495 e. The van der Waals surface area contributed by atoms with E-state index in [4.69, 9.17) is 4.74 Å². The number of halogens is 2. The number of rotatable bonds is 8. The first-order valence-electron chi connectivity index (χ1n) is 7.22. The molecular weight excluding hydrogens is 442 g/mol. The molecule has 0 fully saturated rings. The fourth-order valence-corrected chi connectivity index (χ4v) is 3.67. The molecule has 0 unspecified atom stereocenters.